The number of allylic oxidation sites excluding steroid dienone is 1. The number of aliphatic hydroxyl groups excluding tert-OH is 1. The van der Waals surface area contributed by atoms with Gasteiger partial charge in [-0.2, -0.15) is 0 Å². The number of fused-ring (bicyclic) bond motifs is 3. The maximum absolute atomic E-state index is 12.1. The van der Waals surface area contributed by atoms with E-state index in [1.165, 1.54) is 37.7 Å². The third-order valence-corrected chi connectivity index (χ3v) is 9.48. The van der Waals surface area contributed by atoms with Gasteiger partial charge in [-0.1, -0.05) is 26.0 Å². The fourth-order valence-electron chi connectivity index (χ4n) is 8.10. The summed E-state index contributed by atoms with van der Waals surface area (Å²) < 4.78 is 5.54. The molecule has 0 aromatic rings. The summed E-state index contributed by atoms with van der Waals surface area (Å²) in [6.07, 6.45) is 8.17. The van der Waals surface area contributed by atoms with Gasteiger partial charge in [0.2, 0.25) is 0 Å². The molecule has 0 aromatic heterocycles. The number of esters is 1. The number of rotatable bonds is 5. The standard InChI is InChI=1S/C24H36O5/c1-15-12-24-11-8-17-22(2,18(24)5-4-16(15)13-24)10-9-19(25)23(17,3)14-29-21(28)7-6-20(26)27/h16-19,25H,1,4-14H2,2-3H3,(H,26,27)/t16-,17+,18+,19+,22-,23-,24-/m0/s1. The molecule has 4 fully saturated rings. The van der Waals surface area contributed by atoms with Gasteiger partial charge in [-0.25, -0.2) is 0 Å². The Kier molecular flexibility index (Phi) is 5.12. The molecular formula is C24H36O5. The van der Waals surface area contributed by atoms with Gasteiger partial charge in [-0.3, -0.25) is 9.59 Å². The van der Waals surface area contributed by atoms with Gasteiger partial charge in [0, 0.05) is 5.41 Å². The first kappa shape index (κ1) is 20.9. The highest BCUT2D eigenvalue weighted by molar-refractivity contribution is 5.76. The van der Waals surface area contributed by atoms with Crippen LogP contribution < -0.4 is 0 Å². The number of carboxylic acid groups (broad SMARTS) is 1. The molecule has 0 unspecified atom stereocenters. The summed E-state index contributed by atoms with van der Waals surface area (Å²) in [5.74, 6) is 0.200. The van der Waals surface area contributed by atoms with E-state index >= 15 is 0 Å². The summed E-state index contributed by atoms with van der Waals surface area (Å²) in [5, 5.41) is 19.8. The van der Waals surface area contributed by atoms with Crippen LogP contribution in [0.1, 0.15) is 78.1 Å². The van der Waals surface area contributed by atoms with Gasteiger partial charge in [-0.15, -0.1) is 0 Å². The van der Waals surface area contributed by atoms with Gasteiger partial charge in [0.25, 0.3) is 0 Å². The van der Waals surface area contributed by atoms with Crippen LogP contribution in [0, 0.1) is 34.0 Å². The van der Waals surface area contributed by atoms with Crippen molar-refractivity contribution in [3.8, 4) is 0 Å². The molecular weight excluding hydrogens is 368 g/mol. The van der Waals surface area contributed by atoms with Crippen molar-refractivity contribution >= 4 is 11.9 Å². The highest BCUT2D eigenvalue weighted by atomic mass is 16.5. The lowest BCUT2D eigenvalue weighted by Gasteiger charge is -2.65. The molecule has 4 aliphatic rings. The first-order valence-corrected chi connectivity index (χ1v) is 11.3. The SMILES string of the molecule is C=C1C[C@]23CC[C@H]4[C@](C)(COC(=O)CCC(=O)O)[C@H](O)CC[C@]4(C)[C@H]2CC[C@H]1C3. The van der Waals surface area contributed by atoms with Crippen LogP contribution in [0.2, 0.25) is 0 Å². The summed E-state index contributed by atoms with van der Waals surface area (Å²) in [7, 11) is 0. The second-order valence-electron chi connectivity index (χ2n) is 10.9. The minimum atomic E-state index is -0.996. The lowest BCUT2D eigenvalue weighted by molar-refractivity contribution is -0.204. The van der Waals surface area contributed by atoms with Crippen molar-refractivity contribution in [3.05, 3.63) is 12.2 Å². The summed E-state index contributed by atoms with van der Waals surface area (Å²) in [4.78, 5) is 22.8. The average molecular weight is 405 g/mol. The van der Waals surface area contributed by atoms with E-state index in [1.54, 1.807) is 0 Å². The van der Waals surface area contributed by atoms with Crippen molar-refractivity contribution < 1.29 is 24.5 Å². The zero-order valence-electron chi connectivity index (χ0n) is 17.9. The second kappa shape index (κ2) is 7.11. The van der Waals surface area contributed by atoms with Gasteiger partial charge < -0.3 is 14.9 Å². The Hall–Kier alpha value is -1.36. The highest BCUT2D eigenvalue weighted by Gasteiger charge is 2.65. The lowest BCUT2D eigenvalue weighted by Crippen LogP contribution is -2.61. The maximum Gasteiger partial charge on any atom is 0.306 e. The molecule has 0 aliphatic heterocycles. The summed E-state index contributed by atoms with van der Waals surface area (Å²) in [5.41, 5.74) is 1.53. The van der Waals surface area contributed by atoms with Crippen molar-refractivity contribution in [1.29, 1.82) is 0 Å². The molecule has 0 saturated heterocycles. The molecule has 2 N–H and O–H groups in total. The highest BCUT2D eigenvalue weighted by Crippen LogP contribution is 2.72. The molecule has 29 heavy (non-hydrogen) atoms. The normalized spacial score (nSPS) is 46.0. The maximum atomic E-state index is 12.1. The van der Waals surface area contributed by atoms with Crippen molar-refractivity contribution in [2.75, 3.05) is 6.61 Å². The van der Waals surface area contributed by atoms with Gasteiger partial charge >= 0.3 is 11.9 Å². The smallest absolute Gasteiger partial charge is 0.306 e. The molecule has 2 bridgehead atoms. The molecule has 4 saturated carbocycles. The van der Waals surface area contributed by atoms with Crippen LogP contribution in [0.25, 0.3) is 0 Å². The molecule has 4 rings (SSSR count). The predicted octanol–water partition coefficient (Wildman–Crippen LogP) is 4.33. The number of hydrogen-bond donors (Lipinski definition) is 2. The van der Waals surface area contributed by atoms with Crippen molar-refractivity contribution in [2.45, 2.75) is 84.2 Å². The fourth-order valence-corrected chi connectivity index (χ4v) is 8.10. The quantitative estimate of drug-likeness (QED) is 0.526. The molecule has 162 valence electrons. The summed E-state index contributed by atoms with van der Waals surface area (Å²) in [6, 6.07) is 0. The van der Waals surface area contributed by atoms with Gasteiger partial charge in [0.05, 0.1) is 25.6 Å². The lowest BCUT2D eigenvalue weighted by atomic mass is 9.40. The Morgan fingerprint density at radius 3 is 2.59 bits per heavy atom. The number of aliphatic carboxylic acids is 1. The van der Waals surface area contributed by atoms with E-state index in [2.05, 4.69) is 20.4 Å². The largest absolute Gasteiger partial charge is 0.481 e. The minimum Gasteiger partial charge on any atom is -0.481 e. The van der Waals surface area contributed by atoms with Crippen LogP contribution >= 0.6 is 0 Å². The van der Waals surface area contributed by atoms with E-state index < -0.39 is 23.5 Å². The monoisotopic (exact) mass is 404 g/mol. The Morgan fingerprint density at radius 2 is 1.86 bits per heavy atom. The van der Waals surface area contributed by atoms with E-state index in [4.69, 9.17) is 9.84 Å². The van der Waals surface area contributed by atoms with Crippen molar-refractivity contribution in [2.24, 2.45) is 34.0 Å². The van der Waals surface area contributed by atoms with E-state index in [-0.39, 0.29) is 24.9 Å². The first-order valence-electron chi connectivity index (χ1n) is 11.3. The Balaban J connectivity index is 1.54. The van der Waals surface area contributed by atoms with Crippen LogP contribution in [-0.2, 0) is 14.3 Å². The summed E-state index contributed by atoms with van der Waals surface area (Å²) in [6.45, 7) is 9.09. The van der Waals surface area contributed by atoms with Gasteiger partial charge in [0.15, 0.2) is 0 Å². The van der Waals surface area contributed by atoms with Crippen LogP contribution in [0.3, 0.4) is 0 Å². The Labute approximate surface area is 173 Å². The fraction of sp³-hybridized carbons (Fsp3) is 0.833. The number of aliphatic hydroxyl groups is 1. The predicted molar refractivity (Wildman–Crippen MR) is 109 cm³/mol. The third kappa shape index (κ3) is 3.24. The van der Waals surface area contributed by atoms with E-state index in [0.717, 1.165) is 19.3 Å². The molecule has 0 heterocycles. The number of carboxylic acids is 1. The number of hydrogen-bond acceptors (Lipinski definition) is 4. The van der Waals surface area contributed by atoms with Gasteiger partial charge in [-0.05, 0) is 80.0 Å². The Morgan fingerprint density at radius 1 is 1.10 bits per heavy atom. The molecule has 5 nitrogen and oxygen atoms in total. The van der Waals surface area contributed by atoms with Crippen molar-refractivity contribution in [1.82, 2.24) is 0 Å². The summed E-state index contributed by atoms with van der Waals surface area (Å²) >= 11 is 0. The van der Waals surface area contributed by atoms with Crippen LogP contribution in [0.15, 0.2) is 12.2 Å². The van der Waals surface area contributed by atoms with Crippen molar-refractivity contribution in [3.63, 3.8) is 0 Å². The van der Waals surface area contributed by atoms with Crippen LogP contribution in [0.5, 0.6) is 0 Å². The zero-order chi connectivity index (χ0) is 21.0. The third-order valence-electron chi connectivity index (χ3n) is 9.48. The molecule has 0 amide bonds. The molecule has 5 heteroatoms. The number of carbonyl (C=O) groups excluding carboxylic acids is 1. The van der Waals surface area contributed by atoms with Crippen LogP contribution in [-0.4, -0.2) is 34.9 Å². The molecule has 0 aromatic carbocycles. The average Bonchev–Trinajstić information content (AvgIpc) is 2.90. The minimum absolute atomic E-state index is 0.112. The zero-order valence-corrected chi connectivity index (χ0v) is 17.9. The van der Waals surface area contributed by atoms with E-state index in [1.807, 2.05) is 0 Å². The topological polar surface area (TPSA) is 83.8 Å². The molecule has 0 radical (unpaired) electrons. The Bertz CT molecular complexity index is 716. The molecule has 4 aliphatic carbocycles. The molecule has 1 spiro atoms. The first-order chi connectivity index (χ1) is 13.6. The molecule has 7 atom stereocenters. The number of carbonyl (C=O) groups is 2. The second-order valence-corrected chi connectivity index (χ2v) is 10.9. The number of ether oxygens (including phenoxy) is 1. The van der Waals surface area contributed by atoms with E-state index in [9.17, 15) is 14.7 Å². The van der Waals surface area contributed by atoms with E-state index in [0.29, 0.717) is 23.2 Å². The van der Waals surface area contributed by atoms with Gasteiger partial charge in [0.1, 0.15) is 0 Å². The van der Waals surface area contributed by atoms with Crippen LogP contribution in [0.4, 0.5) is 0 Å².